The van der Waals surface area contributed by atoms with Gasteiger partial charge in [0.2, 0.25) is 0 Å². The first kappa shape index (κ1) is 12.4. The van der Waals surface area contributed by atoms with Crippen LogP contribution >= 0.6 is 0 Å². The molecule has 0 spiro atoms. The Kier molecular flexibility index (Phi) is 3.42. The molecular weight excluding hydrogens is 228 g/mol. The first-order valence-corrected chi connectivity index (χ1v) is 5.96. The molecule has 1 aliphatic carbocycles. The molecule has 2 N–H and O–H groups in total. The highest BCUT2D eigenvalue weighted by atomic mass is 19.3. The minimum absolute atomic E-state index is 0.224. The first-order chi connectivity index (χ1) is 8.05. The van der Waals surface area contributed by atoms with Crippen molar-refractivity contribution in [3.05, 3.63) is 11.7 Å². The molecule has 6 heteroatoms. The van der Waals surface area contributed by atoms with Gasteiger partial charge in [0.1, 0.15) is 0 Å². The molecule has 0 bridgehead atoms. The van der Waals surface area contributed by atoms with E-state index in [1.807, 2.05) is 0 Å². The van der Waals surface area contributed by atoms with Crippen LogP contribution < -0.4 is 5.73 Å². The lowest BCUT2D eigenvalue weighted by Gasteiger charge is -2.34. The Morgan fingerprint density at radius 3 is 2.59 bits per heavy atom. The third kappa shape index (κ3) is 2.46. The molecule has 4 nitrogen and oxygen atoms in total. The van der Waals surface area contributed by atoms with E-state index in [0.29, 0.717) is 5.92 Å². The highest BCUT2D eigenvalue weighted by Gasteiger charge is 2.37. The normalized spacial score (nSPS) is 29.8. The van der Waals surface area contributed by atoms with E-state index in [4.69, 9.17) is 5.73 Å². The molecule has 0 aliphatic heterocycles. The fourth-order valence-electron chi connectivity index (χ4n) is 2.35. The van der Waals surface area contributed by atoms with E-state index < -0.39 is 17.9 Å². The summed E-state index contributed by atoms with van der Waals surface area (Å²) in [7, 11) is 0. The van der Waals surface area contributed by atoms with Crippen LogP contribution in [0.25, 0.3) is 0 Å². The summed E-state index contributed by atoms with van der Waals surface area (Å²) in [5, 5.41) is 3.59. The van der Waals surface area contributed by atoms with E-state index in [0.717, 1.165) is 32.1 Å². The van der Waals surface area contributed by atoms with Crippen LogP contribution in [0, 0.1) is 5.92 Å². The number of hydrogen-bond acceptors (Lipinski definition) is 4. The van der Waals surface area contributed by atoms with E-state index in [1.54, 1.807) is 0 Å². The van der Waals surface area contributed by atoms with Crippen LogP contribution in [0.1, 0.15) is 57.2 Å². The van der Waals surface area contributed by atoms with Crippen LogP contribution in [0.15, 0.2) is 4.52 Å². The molecule has 0 radical (unpaired) electrons. The van der Waals surface area contributed by atoms with Gasteiger partial charge >= 0.3 is 6.43 Å². The lowest BCUT2D eigenvalue weighted by atomic mass is 9.76. The molecule has 0 amide bonds. The Balaban J connectivity index is 2.10. The summed E-state index contributed by atoms with van der Waals surface area (Å²) in [4.78, 5) is 3.70. The second kappa shape index (κ2) is 4.68. The van der Waals surface area contributed by atoms with Gasteiger partial charge in [-0.05, 0) is 31.6 Å². The number of alkyl halides is 2. The van der Waals surface area contributed by atoms with E-state index in [1.165, 1.54) is 0 Å². The molecule has 0 saturated heterocycles. The Bertz CT molecular complexity index is 373. The maximum atomic E-state index is 12.4. The molecular formula is C11H17F2N3O. The zero-order valence-corrected chi connectivity index (χ0v) is 9.83. The predicted molar refractivity (Wildman–Crippen MR) is 57.4 cm³/mol. The van der Waals surface area contributed by atoms with E-state index in [-0.39, 0.29) is 5.82 Å². The van der Waals surface area contributed by atoms with Gasteiger partial charge in [-0.1, -0.05) is 18.5 Å². The van der Waals surface area contributed by atoms with Gasteiger partial charge in [0.05, 0.1) is 5.54 Å². The van der Waals surface area contributed by atoms with Gasteiger partial charge < -0.3 is 10.3 Å². The average Bonchev–Trinajstić information content (AvgIpc) is 2.80. The van der Waals surface area contributed by atoms with Gasteiger partial charge in [-0.2, -0.15) is 13.8 Å². The summed E-state index contributed by atoms with van der Waals surface area (Å²) in [6.07, 6.45) is 1.84. The highest BCUT2D eigenvalue weighted by molar-refractivity contribution is 5.06. The van der Waals surface area contributed by atoms with Crippen LogP contribution in [0.2, 0.25) is 0 Å². The smallest absolute Gasteiger partial charge is 0.315 e. The maximum absolute atomic E-state index is 12.4. The Morgan fingerprint density at radius 1 is 1.47 bits per heavy atom. The Morgan fingerprint density at radius 2 is 2.12 bits per heavy atom. The van der Waals surface area contributed by atoms with Gasteiger partial charge in [-0.15, -0.1) is 0 Å². The third-order valence-corrected chi connectivity index (χ3v) is 3.65. The summed E-state index contributed by atoms with van der Waals surface area (Å²) in [5.41, 5.74) is 5.49. The van der Waals surface area contributed by atoms with Crippen molar-refractivity contribution in [1.82, 2.24) is 10.1 Å². The summed E-state index contributed by atoms with van der Waals surface area (Å²) in [6.45, 7) is 2.15. The maximum Gasteiger partial charge on any atom is 0.315 e. The van der Waals surface area contributed by atoms with E-state index in [2.05, 4.69) is 21.6 Å². The quantitative estimate of drug-likeness (QED) is 0.889. The zero-order valence-electron chi connectivity index (χ0n) is 9.83. The molecule has 1 aromatic heterocycles. The Hall–Kier alpha value is -1.04. The molecule has 17 heavy (non-hydrogen) atoms. The van der Waals surface area contributed by atoms with Crippen molar-refractivity contribution in [2.24, 2.45) is 11.7 Å². The average molecular weight is 245 g/mol. The standard InChI is InChI=1S/C11H17F2N3O/c1-2-7-3-5-11(14,6-4-7)10-15-9(8(12)13)17-16-10/h7-8H,2-6,14H2,1H3. The number of aromatic nitrogens is 2. The van der Waals surface area contributed by atoms with Crippen LogP contribution in [0.4, 0.5) is 8.78 Å². The molecule has 1 heterocycles. The molecule has 1 aliphatic rings. The topological polar surface area (TPSA) is 64.9 Å². The van der Waals surface area contributed by atoms with Crippen molar-refractivity contribution < 1.29 is 13.3 Å². The minimum atomic E-state index is -2.73. The summed E-state index contributed by atoms with van der Waals surface area (Å²) in [6, 6.07) is 0. The minimum Gasteiger partial charge on any atom is -0.333 e. The number of nitrogens with two attached hydrogens (primary N) is 1. The molecule has 0 atom stereocenters. The molecule has 0 unspecified atom stereocenters. The monoisotopic (exact) mass is 245 g/mol. The van der Waals surface area contributed by atoms with Crippen molar-refractivity contribution in [2.75, 3.05) is 0 Å². The molecule has 1 fully saturated rings. The van der Waals surface area contributed by atoms with Gasteiger partial charge in [0, 0.05) is 0 Å². The van der Waals surface area contributed by atoms with Gasteiger partial charge in [0.15, 0.2) is 5.82 Å². The largest absolute Gasteiger partial charge is 0.333 e. The summed E-state index contributed by atoms with van der Waals surface area (Å²) in [5.74, 6) is 0.262. The summed E-state index contributed by atoms with van der Waals surface area (Å²) < 4.78 is 29.2. The molecule has 96 valence electrons. The molecule has 1 saturated carbocycles. The second-order valence-electron chi connectivity index (χ2n) is 4.76. The number of nitrogens with zero attached hydrogens (tertiary/aromatic N) is 2. The number of hydrogen-bond donors (Lipinski definition) is 1. The van der Waals surface area contributed by atoms with Crippen molar-refractivity contribution in [3.63, 3.8) is 0 Å². The fourth-order valence-corrected chi connectivity index (χ4v) is 2.35. The molecule has 1 aromatic rings. The number of rotatable bonds is 3. The predicted octanol–water partition coefficient (Wildman–Crippen LogP) is 2.76. The van der Waals surface area contributed by atoms with Gasteiger partial charge in [-0.25, -0.2) is 0 Å². The number of halogens is 2. The van der Waals surface area contributed by atoms with Gasteiger partial charge in [0.25, 0.3) is 5.89 Å². The van der Waals surface area contributed by atoms with Crippen LogP contribution in [-0.4, -0.2) is 10.1 Å². The lowest BCUT2D eigenvalue weighted by Crippen LogP contribution is -2.41. The van der Waals surface area contributed by atoms with E-state index >= 15 is 0 Å². The molecule has 2 rings (SSSR count). The van der Waals surface area contributed by atoms with Crippen LogP contribution in [0.5, 0.6) is 0 Å². The van der Waals surface area contributed by atoms with Crippen molar-refractivity contribution in [2.45, 2.75) is 51.0 Å². The summed E-state index contributed by atoms with van der Waals surface area (Å²) >= 11 is 0. The van der Waals surface area contributed by atoms with Gasteiger partial charge in [-0.3, -0.25) is 0 Å². The second-order valence-corrected chi connectivity index (χ2v) is 4.76. The molecule has 0 aromatic carbocycles. The Labute approximate surface area is 98.6 Å². The fraction of sp³-hybridized carbons (Fsp3) is 0.818. The van der Waals surface area contributed by atoms with Crippen molar-refractivity contribution in [1.29, 1.82) is 0 Å². The zero-order chi connectivity index (χ0) is 12.5. The van der Waals surface area contributed by atoms with Crippen LogP contribution in [0.3, 0.4) is 0 Å². The third-order valence-electron chi connectivity index (χ3n) is 3.65. The van der Waals surface area contributed by atoms with Crippen molar-refractivity contribution in [3.8, 4) is 0 Å². The van der Waals surface area contributed by atoms with Crippen LogP contribution in [-0.2, 0) is 5.54 Å². The SMILES string of the molecule is CCC1CCC(N)(c2noc(C(F)F)n2)CC1. The highest BCUT2D eigenvalue weighted by Crippen LogP contribution is 2.37. The van der Waals surface area contributed by atoms with E-state index in [9.17, 15) is 8.78 Å². The van der Waals surface area contributed by atoms with Crippen molar-refractivity contribution >= 4 is 0 Å². The first-order valence-electron chi connectivity index (χ1n) is 5.96. The lowest BCUT2D eigenvalue weighted by molar-refractivity contribution is 0.106.